The van der Waals surface area contributed by atoms with Gasteiger partial charge in [-0.2, -0.15) is 0 Å². The molecule has 2 nitrogen and oxygen atoms in total. The van der Waals surface area contributed by atoms with E-state index in [-0.39, 0.29) is 5.92 Å². The minimum absolute atomic E-state index is 0.271. The summed E-state index contributed by atoms with van der Waals surface area (Å²) in [5.41, 5.74) is 0. The molecular weight excluding hydrogens is 191 g/mol. The first kappa shape index (κ1) is 11.3. The van der Waals surface area contributed by atoms with Crippen molar-refractivity contribution in [2.45, 2.75) is 38.4 Å². The van der Waals surface area contributed by atoms with Crippen LogP contribution in [0.5, 0.6) is 0 Å². The van der Waals surface area contributed by atoms with Crippen LogP contribution in [0.15, 0.2) is 0 Å². The van der Waals surface area contributed by atoms with E-state index >= 15 is 0 Å². The van der Waals surface area contributed by atoms with Crippen molar-refractivity contribution in [2.24, 2.45) is 5.92 Å². The average molecular weight is 214 g/mol. The second-order valence-corrected chi connectivity index (χ2v) is 5.31. The summed E-state index contributed by atoms with van der Waals surface area (Å²) in [6.45, 7) is 6.17. The van der Waals surface area contributed by atoms with E-state index in [9.17, 15) is 4.39 Å². The van der Waals surface area contributed by atoms with E-state index in [1.807, 2.05) is 6.92 Å². The first-order valence-corrected chi connectivity index (χ1v) is 6.23. The summed E-state index contributed by atoms with van der Waals surface area (Å²) in [5.74, 6) is 0.271. The number of hydrogen-bond acceptors (Lipinski definition) is 2. The molecule has 3 heteroatoms. The molecule has 0 radical (unpaired) electrons. The number of halogens is 1. The highest BCUT2D eigenvalue weighted by atomic mass is 19.1. The van der Waals surface area contributed by atoms with Crippen LogP contribution in [-0.4, -0.2) is 55.2 Å². The fourth-order valence-electron chi connectivity index (χ4n) is 2.74. The van der Waals surface area contributed by atoms with Crippen molar-refractivity contribution in [3.8, 4) is 0 Å². The van der Waals surface area contributed by atoms with Crippen molar-refractivity contribution in [3.05, 3.63) is 0 Å². The zero-order valence-corrected chi connectivity index (χ0v) is 9.95. The van der Waals surface area contributed by atoms with Gasteiger partial charge in [0.05, 0.1) is 0 Å². The van der Waals surface area contributed by atoms with Crippen molar-refractivity contribution >= 4 is 0 Å². The highest BCUT2D eigenvalue weighted by Gasteiger charge is 2.31. The van der Waals surface area contributed by atoms with E-state index in [4.69, 9.17) is 0 Å². The third-order valence-corrected chi connectivity index (χ3v) is 4.10. The van der Waals surface area contributed by atoms with Crippen molar-refractivity contribution in [2.75, 3.05) is 33.2 Å². The van der Waals surface area contributed by atoms with E-state index < -0.39 is 6.17 Å². The topological polar surface area (TPSA) is 6.48 Å². The Labute approximate surface area is 92.4 Å². The molecule has 0 bridgehead atoms. The molecule has 0 spiro atoms. The molecule has 2 aliphatic heterocycles. The molecule has 0 aromatic heterocycles. The third-order valence-electron chi connectivity index (χ3n) is 4.10. The van der Waals surface area contributed by atoms with Gasteiger partial charge >= 0.3 is 0 Å². The Morgan fingerprint density at radius 1 is 1.07 bits per heavy atom. The number of piperidine rings is 2. The Balaban J connectivity index is 1.84. The van der Waals surface area contributed by atoms with Crippen LogP contribution in [0.2, 0.25) is 0 Å². The number of rotatable bonds is 1. The van der Waals surface area contributed by atoms with Gasteiger partial charge in [0.25, 0.3) is 0 Å². The Morgan fingerprint density at radius 3 is 2.33 bits per heavy atom. The summed E-state index contributed by atoms with van der Waals surface area (Å²) in [6, 6.07) is 0.645. The van der Waals surface area contributed by atoms with Crippen LogP contribution in [0.25, 0.3) is 0 Å². The van der Waals surface area contributed by atoms with E-state index in [1.165, 1.54) is 25.9 Å². The molecule has 0 aromatic carbocycles. The number of hydrogen-bond donors (Lipinski definition) is 0. The minimum atomic E-state index is -0.599. The molecule has 0 aromatic rings. The fourth-order valence-corrected chi connectivity index (χ4v) is 2.74. The van der Waals surface area contributed by atoms with Crippen LogP contribution >= 0.6 is 0 Å². The second kappa shape index (κ2) is 4.79. The minimum Gasteiger partial charge on any atom is -0.306 e. The van der Waals surface area contributed by atoms with Gasteiger partial charge in [-0.25, -0.2) is 4.39 Å². The first-order valence-electron chi connectivity index (χ1n) is 6.23. The predicted octanol–water partition coefficient (Wildman–Crippen LogP) is 1.76. The number of alkyl halides is 1. The van der Waals surface area contributed by atoms with E-state index in [1.54, 1.807) is 0 Å². The summed E-state index contributed by atoms with van der Waals surface area (Å²) >= 11 is 0. The number of nitrogens with zero attached hydrogens (tertiary/aromatic N) is 2. The molecule has 15 heavy (non-hydrogen) atoms. The Morgan fingerprint density at radius 2 is 1.73 bits per heavy atom. The van der Waals surface area contributed by atoms with Gasteiger partial charge in [-0.3, -0.25) is 4.90 Å². The molecule has 0 amide bonds. The quantitative estimate of drug-likeness (QED) is 0.656. The summed E-state index contributed by atoms with van der Waals surface area (Å²) < 4.78 is 13.6. The largest absolute Gasteiger partial charge is 0.306 e. The summed E-state index contributed by atoms with van der Waals surface area (Å²) in [7, 11) is 2.17. The summed E-state index contributed by atoms with van der Waals surface area (Å²) in [4.78, 5) is 4.76. The highest BCUT2D eigenvalue weighted by molar-refractivity contribution is 4.85. The van der Waals surface area contributed by atoms with Crippen LogP contribution in [0.3, 0.4) is 0 Å². The maximum Gasteiger partial charge on any atom is 0.115 e. The van der Waals surface area contributed by atoms with Gasteiger partial charge in [-0.05, 0) is 51.9 Å². The molecule has 2 saturated heterocycles. The van der Waals surface area contributed by atoms with Gasteiger partial charge in [0.1, 0.15) is 6.17 Å². The molecular formula is C12H23FN2. The monoisotopic (exact) mass is 214 g/mol. The van der Waals surface area contributed by atoms with E-state index in [0.717, 1.165) is 13.0 Å². The zero-order valence-electron chi connectivity index (χ0n) is 9.95. The molecule has 2 aliphatic rings. The summed E-state index contributed by atoms with van der Waals surface area (Å²) in [5, 5.41) is 0. The molecule has 2 atom stereocenters. The zero-order chi connectivity index (χ0) is 10.8. The van der Waals surface area contributed by atoms with Gasteiger partial charge in [0.2, 0.25) is 0 Å². The average Bonchev–Trinajstić information content (AvgIpc) is 2.23. The van der Waals surface area contributed by atoms with Gasteiger partial charge in [0.15, 0.2) is 0 Å². The molecule has 0 aliphatic carbocycles. The highest BCUT2D eigenvalue weighted by Crippen LogP contribution is 2.25. The normalized spacial score (nSPS) is 37.0. The molecule has 88 valence electrons. The molecule has 0 N–H and O–H groups in total. The first-order chi connectivity index (χ1) is 7.16. The standard InChI is InChI=1S/C12H23FN2/c1-10-3-8-15(9-12(10)13)11-4-6-14(2)7-5-11/h10-12H,3-9H2,1-2H3/t10-,12+/m1/s1. The molecule has 2 rings (SSSR count). The van der Waals surface area contributed by atoms with Crippen LogP contribution in [-0.2, 0) is 0 Å². The van der Waals surface area contributed by atoms with Crippen LogP contribution in [0.1, 0.15) is 26.2 Å². The van der Waals surface area contributed by atoms with Crippen LogP contribution < -0.4 is 0 Å². The van der Waals surface area contributed by atoms with Crippen molar-refractivity contribution in [1.29, 1.82) is 0 Å². The Kier molecular flexibility index (Phi) is 3.62. The molecule has 0 unspecified atom stereocenters. The fraction of sp³-hybridized carbons (Fsp3) is 1.00. The predicted molar refractivity (Wildman–Crippen MR) is 60.8 cm³/mol. The molecule has 2 fully saturated rings. The van der Waals surface area contributed by atoms with Crippen molar-refractivity contribution in [1.82, 2.24) is 9.80 Å². The summed E-state index contributed by atoms with van der Waals surface area (Å²) in [6.07, 6.45) is 2.88. The van der Waals surface area contributed by atoms with E-state index in [0.29, 0.717) is 12.6 Å². The van der Waals surface area contributed by atoms with Gasteiger partial charge in [-0.15, -0.1) is 0 Å². The Bertz CT molecular complexity index is 202. The van der Waals surface area contributed by atoms with Crippen molar-refractivity contribution in [3.63, 3.8) is 0 Å². The third kappa shape index (κ3) is 2.70. The Hall–Kier alpha value is -0.150. The lowest BCUT2D eigenvalue weighted by atomic mass is 9.93. The van der Waals surface area contributed by atoms with Crippen molar-refractivity contribution < 1.29 is 4.39 Å². The SMILES string of the molecule is C[C@@H]1CCN(C2CCN(C)CC2)C[C@@H]1F. The smallest absolute Gasteiger partial charge is 0.115 e. The van der Waals surface area contributed by atoms with E-state index in [2.05, 4.69) is 16.8 Å². The lowest BCUT2D eigenvalue weighted by Crippen LogP contribution is -2.50. The lowest BCUT2D eigenvalue weighted by molar-refractivity contribution is 0.0392. The molecule has 2 heterocycles. The van der Waals surface area contributed by atoms with Crippen LogP contribution in [0.4, 0.5) is 4.39 Å². The van der Waals surface area contributed by atoms with Crippen LogP contribution in [0, 0.1) is 5.92 Å². The maximum absolute atomic E-state index is 13.6. The lowest BCUT2D eigenvalue weighted by Gasteiger charge is -2.41. The van der Waals surface area contributed by atoms with Gasteiger partial charge in [0, 0.05) is 12.6 Å². The maximum atomic E-state index is 13.6. The second-order valence-electron chi connectivity index (χ2n) is 5.31. The van der Waals surface area contributed by atoms with Gasteiger partial charge in [-0.1, -0.05) is 6.92 Å². The molecule has 0 saturated carbocycles. The number of likely N-dealkylation sites (tertiary alicyclic amines) is 2. The van der Waals surface area contributed by atoms with Gasteiger partial charge < -0.3 is 4.90 Å².